The van der Waals surface area contributed by atoms with Gasteiger partial charge in [0.05, 0.1) is 11.0 Å². The zero-order chi connectivity index (χ0) is 18.0. The van der Waals surface area contributed by atoms with Crippen LogP contribution in [0.15, 0.2) is 18.2 Å². The Bertz CT molecular complexity index is 740. The molecule has 0 spiro atoms. The lowest BCUT2D eigenvalue weighted by Gasteiger charge is -2.37. The second-order valence-electron chi connectivity index (χ2n) is 7.01. The van der Waals surface area contributed by atoms with Gasteiger partial charge < -0.3 is 15.1 Å². The summed E-state index contributed by atoms with van der Waals surface area (Å²) in [6.45, 7) is 7.36. The van der Waals surface area contributed by atoms with Crippen molar-refractivity contribution in [2.45, 2.75) is 31.9 Å². The maximum atomic E-state index is 12.3. The molecule has 3 rings (SSSR count). The van der Waals surface area contributed by atoms with Gasteiger partial charge in [0.25, 0.3) is 0 Å². The number of sulfone groups is 1. The fourth-order valence-electron chi connectivity index (χ4n) is 3.63. The number of benzene rings is 1. The van der Waals surface area contributed by atoms with Crippen molar-refractivity contribution in [2.75, 3.05) is 43.4 Å². The largest absolute Gasteiger partial charge is 0.368 e. The Balaban J connectivity index is 1.52. The third kappa shape index (κ3) is 3.92. The molecular formula is C18H27N3O3S. The molecule has 1 N–H and O–H groups in total. The number of nitrogens with zero attached hydrogens (tertiary/aromatic N) is 2. The van der Waals surface area contributed by atoms with E-state index in [1.165, 1.54) is 16.8 Å². The van der Waals surface area contributed by atoms with E-state index in [0.717, 1.165) is 13.1 Å². The second-order valence-corrected chi connectivity index (χ2v) is 9.41. The molecule has 2 saturated heterocycles. The lowest BCUT2D eigenvalue weighted by atomic mass is 10.1. The lowest BCUT2D eigenvalue weighted by Crippen LogP contribution is -2.53. The number of piperazine rings is 1. The molecule has 1 aromatic carbocycles. The summed E-state index contributed by atoms with van der Waals surface area (Å²) in [6, 6.07) is 6.16. The Kier molecular flexibility index (Phi) is 5.22. The third-order valence-electron chi connectivity index (χ3n) is 5.43. The molecule has 2 amide bonds. The Hall–Kier alpha value is -1.76. The average Bonchev–Trinajstić information content (AvgIpc) is 2.94. The summed E-state index contributed by atoms with van der Waals surface area (Å²) in [4.78, 5) is 16.4. The topological polar surface area (TPSA) is 69.7 Å². The number of carbonyl (C=O) groups excluding carboxylic acids is 1. The zero-order valence-corrected chi connectivity index (χ0v) is 15.8. The smallest absolute Gasteiger partial charge is 0.317 e. The lowest BCUT2D eigenvalue weighted by molar-refractivity contribution is 0.194. The zero-order valence-electron chi connectivity index (χ0n) is 15.0. The minimum absolute atomic E-state index is 0.150. The van der Waals surface area contributed by atoms with E-state index >= 15 is 0 Å². The predicted octanol–water partition coefficient (Wildman–Crippen LogP) is 1.71. The van der Waals surface area contributed by atoms with Crippen LogP contribution in [0.25, 0.3) is 0 Å². The van der Waals surface area contributed by atoms with E-state index in [0.29, 0.717) is 25.9 Å². The van der Waals surface area contributed by atoms with Crippen LogP contribution in [0.4, 0.5) is 10.5 Å². The summed E-state index contributed by atoms with van der Waals surface area (Å²) in [5.41, 5.74) is 3.79. The van der Waals surface area contributed by atoms with Crippen molar-refractivity contribution in [2.24, 2.45) is 0 Å². The minimum atomic E-state index is -3.01. The first-order valence-electron chi connectivity index (χ1n) is 8.94. The van der Waals surface area contributed by atoms with Crippen molar-refractivity contribution >= 4 is 21.6 Å². The van der Waals surface area contributed by atoms with E-state index in [-0.39, 0.29) is 18.3 Å². The highest BCUT2D eigenvalue weighted by atomic mass is 32.2. The fraction of sp³-hybridized carbons (Fsp3) is 0.611. The molecule has 6 nitrogen and oxygen atoms in total. The van der Waals surface area contributed by atoms with Crippen molar-refractivity contribution in [3.05, 3.63) is 29.3 Å². The number of urea groups is 1. The van der Waals surface area contributed by atoms with Gasteiger partial charge in [-0.1, -0.05) is 12.1 Å². The SMILES string of the molecule is Cc1cccc(N2CCN(C(=O)NCC3CCCS3(=O)=O)CC2)c1C. The number of carbonyl (C=O) groups is 1. The highest BCUT2D eigenvalue weighted by Crippen LogP contribution is 2.24. The number of amides is 2. The van der Waals surface area contributed by atoms with Gasteiger partial charge in [0.1, 0.15) is 0 Å². The van der Waals surface area contributed by atoms with Crippen molar-refractivity contribution in [1.82, 2.24) is 10.2 Å². The molecule has 2 aliphatic rings. The molecule has 1 atom stereocenters. The van der Waals surface area contributed by atoms with E-state index in [2.05, 4.69) is 42.3 Å². The van der Waals surface area contributed by atoms with Crippen LogP contribution in [-0.2, 0) is 9.84 Å². The normalized spacial score (nSPS) is 22.9. The molecule has 0 aromatic heterocycles. The standard InChI is InChI=1S/C18H27N3O3S/c1-14-5-3-7-17(15(14)2)20-8-10-21(11-9-20)18(22)19-13-16-6-4-12-25(16,23)24/h3,5,7,16H,4,6,8-13H2,1-2H3,(H,19,22). The van der Waals surface area contributed by atoms with E-state index in [9.17, 15) is 13.2 Å². The van der Waals surface area contributed by atoms with Gasteiger partial charge >= 0.3 is 6.03 Å². The number of nitrogens with one attached hydrogen (secondary N) is 1. The molecule has 2 fully saturated rings. The minimum Gasteiger partial charge on any atom is -0.368 e. The Labute approximate surface area is 150 Å². The van der Waals surface area contributed by atoms with E-state index in [4.69, 9.17) is 0 Å². The maximum absolute atomic E-state index is 12.3. The van der Waals surface area contributed by atoms with Crippen LogP contribution in [-0.4, -0.2) is 63.1 Å². The first kappa shape index (κ1) is 18.0. The molecule has 1 aromatic rings. The third-order valence-corrected chi connectivity index (χ3v) is 7.70. The van der Waals surface area contributed by atoms with Crippen molar-refractivity contribution in [3.8, 4) is 0 Å². The van der Waals surface area contributed by atoms with E-state index in [1.807, 2.05) is 0 Å². The molecule has 0 radical (unpaired) electrons. The van der Waals surface area contributed by atoms with E-state index < -0.39 is 15.1 Å². The fourth-order valence-corrected chi connectivity index (χ4v) is 5.39. The highest BCUT2D eigenvalue weighted by molar-refractivity contribution is 7.92. The number of anilines is 1. The molecule has 25 heavy (non-hydrogen) atoms. The molecule has 2 aliphatic heterocycles. The van der Waals surface area contributed by atoms with Gasteiger partial charge in [-0.25, -0.2) is 13.2 Å². The second kappa shape index (κ2) is 7.23. The van der Waals surface area contributed by atoms with Crippen LogP contribution in [0.5, 0.6) is 0 Å². The number of hydrogen-bond acceptors (Lipinski definition) is 4. The molecule has 2 heterocycles. The van der Waals surface area contributed by atoms with Crippen LogP contribution in [0, 0.1) is 13.8 Å². The van der Waals surface area contributed by atoms with Gasteiger partial charge in [0.2, 0.25) is 0 Å². The number of aryl methyl sites for hydroxylation is 1. The molecule has 7 heteroatoms. The van der Waals surface area contributed by atoms with Crippen LogP contribution in [0.1, 0.15) is 24.0 Å². The Morgan fingerprint density at radius 2 is 1.92 bits per heavy atom. The van der Waals surface area contributed by atoms with Crippen LogP contribution in [0.2, 0.25) is 0 Å². The van der Waals surface area contributed by atoms with Crippen molar-refractivity contribution in [3.63, 3.8) is 0 Å². The quantitative estimate of drug-likeness (QED) is 0.885. The van der Waals surface area contributed by atoms with Crippen LogP contribution < -0.4 is 10.2 Å². The Morgan fingerprint density at radius 3 is 2.56 bits per heavy atom. The van der Waals surface area contributed by atoms with Crippen LogP contribution >= 0.6 is 0 Å². The molecule has 138 valence electrons. The first-order valence-corrected chi connectivity index (χ1v) is 10.7. The molecule has 0 aliphatic carbocycles. The van der Waals surface area contributed by atoms with Gasteiger partial charge in [-0.15, -0.1) is 0 Å². The van der Waals surface area contributed by atoms with Gasteiger partial charge in [0, 0.05) is 38.4 Å². The highest BCUT2D eigenvalue weighted by Gasteiger charge is 2.32. The monoisotopic (exact) mass is 365 g/mol. The molecule has 1 unspecified atom stereocenters. The average molecular weight is 365 g/mol. The van der Waals surface area contributed by atoms with Gasteiger partial charge in [-0.2, -0.15) is 0 Å². The Morgan fingerprint density at radius 1 is 1.20 bits per heavy atom. The summed E-state index contributed by atoms with van der Waals surface area (Å²) in [5, 5.41) is 2.40. The molecule has 0 bridgehead atoms. The van der Waals surface area contributed by atoms with Crippen LogP contribution in [0.3, 0.4) is 0 Å². The van der Waals surface area contributed by atoms with Gasteiger partial charge in [-0.3, -0.25) is 0 Å². The summed E-state index contributed by atoms with van der Waals surface area (Å²) in [7, 11) is -3.01. The summed E-state index contributed by atoms with van der Waals surface area (Å²) in [6.07, 6.45) is 1.36. The predicted molar refractivity (Wildman–Crippen MR) is 99.9 cm³/mol. The summed E-state index contributed by atoms with van der Waals surface area (Å²) in [5.74, 6) is 0.252. The van der Waals surface area contributed by atoms with Gasteiger partial charge in [0.15, 0.2) is 9.84 Å². The summed E-state index contributed by atoms with van der Waals surface area (Å²) >= 11 is 0. The van der Waals surface area contributed by atoms with Crippen molar-refractivity contribution in [1.29, 1.82) is 0 Å². The molecular weight excluding hydrogens is 338 g/mol. The van der Waals surface area contributed by atoms with Gasteiger partial charge in [-0.05, 0) is 43.9 Å². The molecule has 0 saturated carbocycles. The maximum Gasteiger partial charge on any atom is 0.317 e. The van der Waals surface area contributed by atoms with E-state index in [1.54, 1.807) is 4.90 Å². The van der Waals surface area contributed by atoms with Crippen molar-refractivity contribution < 1.29 is 13.2 Å². The number of hydrogen-bond donors (Lipinski definition) is 1. The first-order chi connectivity index (χ1) is 11.9. The summed E-state index contributed by atoms with van der Waals surface area (Å²) < 4.78 is 23.7. The number of rotatable bonds is 3.